The number of hydrogen-bond donors (Lipinski definition) is 1. The maximum atomic E-state index is 6.40. The van der Waals surface area contributed by atoms with Gasteiger partial charge in [-0.1, -0.05) is 6.07 Å². The fourth-order valence-corrected chi connectivity index (χ4v) is 3.21. The fourth-order valence-electron chi connectivity index (χ4n) is 3.21. The van der Waals surface area contributed by atoms with Crippen molar-refractivity contribution in [3.05, 3.63) is 30.1 Å². The molecule has 0 amide bonds. The average Bonchev–Trinajstić information content (AvgIpc) is 2.48. The minimum absolute atomic E-state index is 0.0687. The molecule has 1 aliphatic heterocycles. The minimum Gasteiger partial charge on any atom is -0.369 e. The van der Waals surface area contributed by atoms with Crippen molar-refractivity contribution in [1.29, 1.82) is 0 Å². The second-order valence-electron chi connectivity index (χ2n) is 6.51. The Hall–Kier alpha value is -0.930. The molecular weight excluding hydrogens is 224 g/mol. The third-order valence-corrected chi connectivity index (χ3v) is 3.85. The molecule has 1 aliphatic rings. The van der Waals surface area contributed by atoms with Gasteiger partial charge in [-0.05, 0) is 52.2 Å². The highest BCUT2D eigenvalue weighted by molar-refractivity contribution is 5.12. The van der Waals surface area contributed by atoms with Crippen LogP contribution in [0.1, 0.15) is 39.7 Å². The van der Waals surface area contributed by atoms with Gasteiger partial charge in [-0.2, -0.15) is 0 Å². The quantitative estimate of drug-likeness (QED) is 0.894. The standard InChI is InChI=1S/C15H24N2O/c1-14(2)9-12(15(3,4)18-14)13(16)8-11-6-5-7-17-10-11/h5-7,10,12-13H,8-9,16H2,1-4H3. The maximum Gasteiger partial charge on any atom is 0.0677 e. The number of nitrogens with zero attached hydrogens (tertiary/aromatic N) is 1. The van der Waals surface area contributed by atoms with E-state index >= 15 is 0 Å². The van der Waals surface area contributed by atoms with E-state index in [1.165, 1.54) is 5.56 Å². The van der Waals surface area contributed by atoms with E-state index in [1.807, 2.05) is 12.3 Å². The van der Waals surface area contributed by atoms with Gasteiger partial charge in [0, 0.05) is 24.4 Å². The molecule has 100 valence electrons. The summed E-state index contributed by atoms with van der Waals surface area (Å²) in [4.78, 5) is 4.14. The zero-order valence-corrected chi connectivity index (χ0v) is 11.8. The Kier molecular flexibility index (Phi) is 3.47. The summed E-state index contributed by atoms with van der Waals surface area (Å²) in [5, 5.41) is 0. The molecule has 18 heavy (non-hydrogen) atoms. The summed E-state index contributed by atoms with van der Waals surface area (Å²) in [6, 6.07) is 4.16. The van der Waals surface area contributed by atoms with Crippen LogP contribution in [0.25, 0.3) is 0 Å². The van der Waals surface area contributed by atoms with Crippen LogP contribution in [-0.2, 0) is 11.2 Å². The van der Waals surface area contributed by atoms with Gasteiger partial charge in [0.15, 0.2) is 0 Å². The normalized spacial score (nSPS) is 27.1. The largest absolute Gasteiger partial charge is 0.369 e. The molecule has 0 radical (unpaired) electrons. The summed E-state index contributed by atoms with van der Waals surface area (Å²) in [6.45, 7) is 8.59. The number of rotatable bonds is 3. The molecular formula is C15H24N2O. The maximum absolute atomic E-state index is 6.40. The molecule has 0 spiro atoms. The Morgan fingerprint density at radius 1 is 1.44 bits per heavy atom. The molecule has 0 aromatic carbocycles. The van der Waals surface area contributed by atoms with Crippen molar-refractivity contribution in [2.45, 2.75) is 57.8 Å². The van der Waals surface area contributed by atoms with Gasteiger partial charge in [0.25, 0.3) is 0 Å². The van der Waals surface area contributed by atoms with E-state index < -0.39 is 0 Å². The number of pyridine rings is 1. The highest BCUT2D eigenvalue weighted by Crippen LogP contribution is 2.43. The molecule has 0 saturated carbocycles. The van der Waals surface area contributed by atoms with Crippen LogP contribution in [0.3, 0.4) is 0 Å². The lowest BCUT2D eigenvalue weighted by molar-refractivity contribution is -0.0765. The highest BCUT2D eigenvalue weighted by Gasteiger charge is 2.47. The summed E-state index contributed by atoms with van der Waals surface area (Å²) in [7, 11) is 0. The topological polar surface area (TPSA) is 48.1 Å². The lowest BCUT2D eigenvalue weighted by Crippen LogP contribution is -2.42. The van der Waals surface area contributed by atoms with E-state index in [-0.39, 0.29) is 17.2 Å². The van der Waals surface area contributed by atoms with E-state index in [4.69, 9.17) is 10.5 Å². The van der Waals surface area contributed by atoms with Crippen molar-refractivity contribution in [2.24, 2.45) is 11.7 Å². The highest BCUT2D eigenvalue weighted by atomic mass is 16.5. The fraction of sp³-hybridized carbons (Fsp3) is 0.667. The summed E-state index contributed by atoms with van der Waals surface area (Å²) in [5.74, 6) is 0.382. The molecule has 2 rings (SSSR count). The Bertz CT molecular complexity index is 400. The van der Waals surface area contributed by atoms with E-state index in [0.29, 0.717) is 5.92 Å². The Morgan fingerprint density at radius 3 is 2.67 bits per heavy atom. The molecule has 2 unspecified atom stereocenters. The van der Waals surface area contributed by atoms with Gasteiger partial charge in [-0.25, -0.2) is 0 Å². The molecule has 3 nitrogen and oxygen atoms in total. The van der Waals surface area contributed by atoms with Crippen LogP contribution in [0.4, 0.5) is 0 Å². The third-order valence-electron chi connectivity index (χ3n) is 3.85. The molecule has 0 bridgehead atoms. The first-order valence-electron chi connectivity index (χ1n) is 6.65. The van der Waals surface area contributed by atoms with E-state index in [1.54, 1.807) is 6.20 Å². The SMILES string of the molecule is CC1(C)CC(C(N)Cc2cccnc2)C(C)(C)O1. The van der Waals surface area contributed by atoms with Gasteiger partial charge in [-0.3, -0.25) is 4.98 Å². The number of hydrogen-bond acceptors (Lipinski definition) is 3. The van der Waals surface area contributed by atoms with Crippen LogP contribution in [0.15, 0.2) is 24.5 Å². The van der Waals surface area contributed by atoms with E-state index in [9.17, 15) is 0 Å². The minimum atomic E-state index is -0.148. The first kappa shape index (κ1) is 13.5. The van der Waals surface area contributed by atoms with Gasteiger partial charge in [0.05, 0.1) is 11.2 Å². The predicted molar refractivity (Wildman–Crippen MR) is 73.3 cm³/mol. The van der Waals surface area contributed by atoms with Crippen molar-refractivity contribution < 1.29 is 4.74 Å². The molecule has 1 saturated heterocycles. The molecule has 1 aromatic rings. The van der Waals surface area contributed by atoms with Crippen molar-refractivity contribution in [2.75, 3.05) is 0 Å². The summed E-state index contributed by atoms with van der Waals surface area (Å²) in [5.41, 5.74) is 7.38. The zero-order chi connectivity index (χ0) is 13.4. The second-order valence-corrected chi connectivity index (χ2v) is 6.51. The molecule has 2 N–H and O–H groups in total. The number of aromatic nitrogens is 1. The molecule has 0 aliphatic carbocycles. The van der Waals surface area contributed by atoms with Crippen LogP contribution in [0, 0.1) is 5.92 Å². The molecule has 1 aromatic heterocycles. The summed E-state index contributed by atoms with van der Waals surface area (Å²) in [6.07, 6.45) is 5.57. The van der Waals surface area contributed by atoms with Gasteiger partial charge < -0.3 is 10.5 Å². The van der Waals surface area contributed by atoms with Gasteiger partial charge >= 0.3 is 0 Å². The lowest BCUT2D eigenvalue weighted by Gasteiger charge is -2.31. The lowest BCUT2D eigenvalue weighted by atomic mass is 9.80. The van der Waals surface area contributed by atoms with Crippen LogP contribution < -0.4 is 5.73 Å². The Morgan fingerprint density at radius 2 is 2.17 bits per heavy atom. The number of ether oxygens (including phenoxy) is 1. The Balaban J connectivity index is 2.08. The monoisotopic (exact) mass is 248 g/mol. The van der Waals surface area contributed by atoms with E-state index in [0.717, 1.165) is 12.8 Å². The third kappa shape index (κ3) is 2.90. The molecule has 3 heteroatoms. The van der Waals surface area contributed by atoms with Crippen molar-refractivity contribution in [3.8, 4) is 0 Å². The van der Waals surface area contributed by atoms with Crippen LogP contribution in [0.2, 0.25) is 0 Å². The second kappa shape index (κ2) is 4.63. The van der Waals surface area contributed by atoms with Gasteiger partial charge in [0.2, 0.25) is 0 Å². The van der Waals surface area contributed by atoms with E-state index in [2.05, 4.69) is 38.7 Å². The zero-order valence-electron chi connectivity index (χ0n) is 11.8. The molecule has 1 fully saturated rings. The van der Waals surface area contributed by atoms with Crippen LogP contribution in [0.5, 0.6) is 0 Å². The van der Waals surface area contributed by atoms with Crippen molar-refractivity contribution >= 4 is 0 Å². The van der Waals surface area contributed by atoms with Crippen molar-refractivity contribution in [3.63, 3.8) is 0 Å². The summed E-state index contributed by atoms with van der Waals surface area (Å²) < 4.78 is 6.11. The first-order chi connectivity index (χ1) is 8.30. The van der Waals surface area contributed by atoms with Crippen LogP contribution >= 0.6 is 0 Å². The molecule has 2 atom stereocenters. The number of nitrogens with two attached hydrogens (primary N) is 1. The Labute approximate surface area is 110 Å². The summed E-state index contributed by atoms with van der Waals surface area (Å²) >= 11 is 0. The predicted octanol–water partition coefficient (Wildman–Crippen LogP) is 2.55. The average molecular weight is 248 g/mol. The smallest absolute Gasteiger partial charge is 0.0677 e. The first-order valence-corrected chi connectivity index (χ1v) is 6.65. The molecule has 2 heterocycles. The van der Waals surface area contributed by atoms with Crippen molar-refractivity contribution in [1.82, 2.24) is 4.98 Å². The van der Waals surface area contributed by atoms with Gasteiger partial charge in [-0.15, -0.1) is 0 Å². The van der Waals surface area contributed by atoms with Crippen LogP contribution in [-0.4, -0.2) is 22.2 Å². The van der Waals surface area contributed by atoms with Gasteiger partial charge in [0.1, 0.15) is 0 Å².